The quantitative estimate of drug-likeness (QED) is 0.332. The van der Waals surface area contributed by atoms with Gasteiger partial charge < -0.3 is 0 Å². The zero-order valence-corrected chi connectivity index (χ0v) is 13.2. The molecule has 0 nitrogen and oxygen atoms in total. The molecule has 2 heteroatoms. The Kier molecular flexibility index (Phi) is 3.29. The molecule has 106 valence electrons. The molecule has 0 atom stereocenters. The van der Waals surface area contributed by atoms with E-state index in [2.05, 4.69) is 42.5 Å². The number of halogens is 2. The van der Waals surface area contributed by atoms with Crippen LogP contribution in [0.5, 0.6) is 0 Å². The predicted molar refractivity (Wildman–Crippen MR) is 96.9 cm³/mol. The summed E-state index contributed by atoms with van der Waals surface area (Å²) in [4.78, 5) is 0. The van der Waals surface area contributed by atoms with Crippen molar-refractivity contribution in [1.82, 2.24) is 0 Å². The van der Waals surface area contributed by atoms with Gasteiger partial charge in [-0.05, 0) is 40.1 Å². The first kappa shape index (κ1) is 13.6. The minimum atomic E-state index is 0.747. The molecule has 0 aliphatic rings. The third kappa shape index (κ3) is 2.08. The van der Waals surface area contributed by atoms with Crippen LogP contribution < -0.4 is 0 Å². The van der Waals surface area contributed by atoms with Crippen LogP contribution in [0.25, 0.3) is 32.7 Å². The second-order valence-corrected chi connectivity index (χ2v) is 6.10. The molecule has 0 fully saturated rings. The Hall–Kier alpha value is -2.02. The number of fused-ring (bicyclic) bond motifs is 2. The van der Waals surface area contributed by atoms with Crippen LogP contribution >= 0.6 is 23.2 Å². The molecule has 4 aromatic carbocycles. The molecule has 0 spiro atoms. The van der Waals surface area contributed by atoms with E-state index in [9.17, 15) is 0 Å². The van der Waals surface area contributed by atoms with Crippen molar-refractivity contribution >= 4 is 44.7 Å². The number of rotatable bonds is 1. The summed E-state index contributed by atoms with van der Waals surface area (Å²) in [6.45, 7) is 0. The maximum absolute atomic E-state index is 6.43. The highest BCUT2D eigenvalue weighted by Gasteiger charge is 2.12. The third-order valence-corrected chi connectivity index (χ3v) is 4.65. The standard InChI is InChI=1S/C20H12Cl2/c21-18-10-4-8-14-16(18)12-17-15(9-5-11-19(17)22)20(14)13-6-2-1-3-7-13/h1-12H. The predicted octanol–water partition coefficient (Wildman–Crippen LogP) is 6.97. The highest BCUT2D eigenvalue weighted by atomic mass is 35.5. The van der Waals surface area contributed by atoms with E-state index in [0.717, 1.165) is 31.6 Å². The van der Waals surface area contributed by atoms with Gasteiger partial charge in [0.2, 0.25) is 0 Å². The highest BCUT2D eigenvalue weighted by Crippen LogP contribution is 2.40. The van der Waals surface area contributed by atoms with Crippen molar-refractivity contribution in [2.45, 2.75) is 0 Å². The fraction of sp³-hybridized carbons (Fsp3) is 0. The van der Waals surface area contributed by atoms with Crippen LogP contribution in [0.4, 0.5) is 0 Å². The van der Waals surface area contributed by atoms with E-state index in [1.165, 1.54) is 11.1 Å². The number of hydrogen-bond acceptors (Lipinski definition) is 0. The van der Waals surface area contributed by atoms with E-state index in [4.69, 9.17) is 23.2 Å². The lowest BCUT2D eigenvalue weighted by Crippen LogP contribution is -1.86. The van der Waals surface area contributed by atoms with Gasteiger partial charge in [-0.2, -0.15) is 0 Å². The van der Waals surface area contributed by atoms with Crippen molar-refractivity contribution in [3.63, 3.8) is 0 Å². The van der Waals surface area contributed by atoms with Crippen LogP contribution in [-0.4, -0.2) is 0 Å². The molecule has 4 rings (SSSR count). The van der Waals surface area contributed by atoms with Crippen molar-refractivity contribution < 1.29 is 0 Å². The molecule has 0 aliphatic carbocycles. The normalized spacial score (nSPS) is 11.2. The summed E-state index contributed by atoms with van der Waals surface area (Å²) in [6, 6.07) is 24.5. The Balaban J connectivity index is 2.28. The molecule has 4 aromatic rings. The summed E-state index contributed by atoms with van der Waals surface area (Å²) in [7, 11) is 0. The fourth-order valence-electron chi connectivity index (χ4n) is 3.01. The van der Waals surface area contributed by atoms with Gasteiger partial charge in [0.25, 0.3) is 0 Å². The zero-order chi connectivity index (χ0) is 15.1. The Morgan fingerprint density at radius 2 is 1.05 bits per heavy atom. The van der Waals surface area contributed by atoms with Crippen LogP contribution in [0.2, 0.25) is 10.0 Å². The molecule has 0 heterocycles. The lowest BCUT2D eigenvalue weighted by Gasteiger charge is -2.13. The van der Waals surface area contributed by atoms with Gasteiger partial charge in [-0.15, -0.1) is 0 Å². The maximum Gasteiger partial charge on any atom is 0.0484 e. The number of benzene rings is 4. The fourth-order valence-corrected chi connectivity index (χ4v) is 3.47. The Labute approximate surface area is 138 Å². The van der Waals surface area contributed by atoms with E-state index >= 15 is 0 Å². The van der Waals surface area contributed by atoms with Gasteiger partial charge in [0, 0.05) is 20.8 Å². The summed E-state index contributed by atoms with van der Waals surface area (Å²) in [5.74, 6) is 0. The van der Waals surface area contributed by atoms with Gasteiger partial charge >= 0.3 is 0 Å². The molecule has 0 saturated carbocycles. The molecule has 0 radical (unpaired) electrons. The topological polar surface area (TPSA) is 0 Å². The Morgan fingerprint density at radius 1 is 0.500 bits per heavy atom. The zero-order valence-electron chi connectivity index (χ0n) is 11.7. The second-order valence-electron chi connectivity index (χ2n) is 5.29. The van der Waals surface area contributed by atoms with Crippen molar-refractivity contribution in [3.05, 3.63) is 82.8 Å². The molecule has 0 N–H and O–H groups in total. The molecule has 0 bridgehead atoms. The monoisotopic (exact) mass is 322 g/mol. The molecule has 0 unspecified atom stereocenters. The molecule has 0 aromatic heterocycles. The summed E-state index contributed by atoms with van der Waals surface area (Å²) in [6.07, 6.45) is 0. The van der Waals surface area contributed by atoms with Crippen LogP contribution in [0.3, 0.4) is 0 Å². The molecule has 0 aliphatic heterocycles. The summed E-state index contributed by atoms with van der Waals surface area (Å²) in [5, 5.41) is 5.85. The Morgan fingerprint density at radius 3 is 1.59 bits per heavy atom. The van der Waals surface area contributed by atoms with Crippen molar-refractivity contribution in [1.29, 1.82) is 0 Å². The lowest BCUT2D eigenvalue weighted by molar-refractivity contribution is 1.67. The molecular formula is C20H12Cl2. The first-order valence-corrected chi connectivity index (χ1v) is 7.86. The average Bonchev–Trinajstić information content (AvgIpc) is 2.55. The highest BCUT2D eigenvalue weighted by molar-refractivity contribution is 6.39. The van der Waals surface area contributed by atoms with Gasteiger partial charge in [0.15, 0.2) is 0 Å². The minimum Gasteiger partial charge on any atom is -0.0837 e. The van der Waals surface area contributed by atoms with Crippen LogP contribution in [-0.2, 0) is 0 Å². The first-order chi connectivity index (χ1) is 10.8. The summed E-state index contributed by atoms with van der Waals surface area (Å²) in [5.41, 5.74) is 2.35. The van der Waals surface area contributed by atoms with Gasteiger partial charge in [0.1, 0.15) is 0 Å². The molecule has 22 heavy (non-hydrogen) atoms. The van der Waals surface area contributed by atoms with Gasteiger partial charge in [-0.3, -0.25) is 0 Å². The van der Waals surface area contributed by atoms with Crippen molar-refractivity contribution in [3.8, 4) is 11.1 Å². The van der Waals surface area contributed by atoms with Gasteiger partial charge in [0.05, 0.1) is 0 Å². The minimum absolute atomic E-state index is 0.747. The smallest absolute Gasteiger partial charge is 0.0484 e. The van der Waals surface area contributed by atoms with Crippen molar-refractivity contribution in [2.24, 2.45) is 0 Å². The van der Waals surface area contributed by atoms with Gasteiger partial charge in [-0.1, -0.05) is 77.8 Å². The van der Waals surface area contributed by atoms with Crippen LogP contribution in [0.15, 0.2) is 72.8 Å². The van der Waals surface area contributed by atoms with Gasteiger partial charge in [-0.25, -0.2) is 0 Å². The SMILES string of the molecule is Clc1cccc2c(-c3ccccc3)c3cccc(Cl)c3cc12. The largest absolute Gasteiger partial charge is 0.0837 e. The van der Waals surface area contributed by atoms with E-state index in [0.29, 0.717) is 0 Å². The van der Waals surface area contributed by atoms with Crippen LogP contribution in [0, 0.1) is 0 Å². The van der Waals surface area contributed by atoms with E-state index in [-0.39, 0.29) is 0 Å². The second kappa shape index (κ2) is 5.31. The van der Waals surface area contributed by atoms with E-state index < -0.39 is 0 Å². The van der Waals surface area contributed by atoms with Crippen LogP contribution in [0.1, 0.15) is 0 Å². The molecule has 0 amide bonds. The van der Waals surface area contributed by atoms with Crippen molar-refractivity contribution in [2.75, 3.05) is 0 Å². The Bertz CT molecular complexity index is 929. The maximum atomic E-state index is 6.43. The van der Waals surface area contributed by atoms with E-state index in [1.54, 1.807) is 0 Å². The number of hydrogen-bond donors (Lipinski definition) is 0. The summed E-state index contributed by atoms with van der Waals surface area (Å²) < 4.78 is 0. The molecule has 0 saturated heterocycles. The first-order valence-electron chi connectivity index (χ1n) is 7.10. The molecular weight excluding hydrogens is 311 g/mol. The van der Waals surface area contributed by atoms with E-state index in [1.807, 2.05) is 30.3 Å². The average molecular weight is 323 g/mol. The third-order valence-electron chi connectivity index (χ3n) is 4.00. The summed E-state index contributed by atoms with van der Waals surface area (Å²) >= 11 is 12.9. The lowest BCUT2D eigenvalue weighted by atomic mass is 9.92.